The second kappa shape index (κ2) is 7.03. The quantitative estimate of drug-likeness (QED) is 0.669. The van der Waals surface area contributed by atoms with Crippen LogP contribution in [0.3, 0.4) is 0 Å². The summed E-state index contributed by atoms with van der Waals surface area (Å²) in [6, 6.07) is 10.4. The largest absolute Gasteiger partial charge is 0.478 e. The Hall–Kier alpha value is -3.09. The van der Waals surface area contributed by atoms with Gasteiger partial charge in [0, 0.05) is 37.9 Å². The summed E-state index contributed by atoms with van der Waals surface area (Å²) in [6.45, 7) is 6.93. The number of hydrogen-bond donors (Lipinski definition) is 1. The molecule has 3 rings (SSSR count). The summed E-state index contributed by atoms with van der Waals surface area (Å²) < 4.78 is 0. The Balaban J connectivity index is 1.81. The number of carbonyl (C=O) groups is 1. The van der Waals surface area contributed by atoms with E-state index in [0.717, 1.165) is 19.2 Å². The van der Waals surface area contributed by atoms with Gasteiger partial charge in [-0.15, -0.1) is 0 Å². The molecule has 1 N–H and O–H groups in total. The summed E-state index contributed by atoms with van der Waals surface area (Å²) in [7, 11) is 0. The van der Waals surface area contributed by atoms with Crippen LogP contribution >= 0.6 is 0 Å². The molecule has 0 radical (unpaired) electrons. The van der Waals surface area contributed by atoms with Crippen molar-refractivity contribution in [1.82, 2.24) is 0 Å². The number of piperazine rings is 1. The molecule has 0 amide bonds. The fourth-order valence-electron chi connectivity index (χ4n) is 3.32. The van der Waals surface area contributed by atoms with Crippen molar-refractivity contribution < 1.29 is 14.8 Å². The number of carboxylic acid groups (broad SMARTS) is 1. The van der Waals surface area contributed by atoms with Crippen LogP contribution in [0.25, 0.3) is 0 Å². The average molecular weight is 355 g/mol. The second-order valence-electron chi connectivity index (χ2n) is 6.53. The van der Waals surface area contributed by atoms with Gasteiger partial charge in [0.1, 0.15) is 5.69 Å². The Kier molecular flexibility index (Phi) is 4.79. The number of nitrogens with zero attached hydrogens (tertiary/aromatic N) is 3. The topological polar surface area (TPSA) is 86.9 Å². The molecule has 2 aromatic carbocycles. The van der Waals surface area contributed by atoms with Crippen molar-refractivity contribution in [3.05, 3.63) is 63.2 Å². The molecule has 0 bridgehead atoms. The maximum absolute atomic E-state index is 11.4. The standard InChI is InChI=1S/C19H21N3O4/c1-13-3-4-14(2)17(11-13)21-9-7-20(8-10-21)16-6-5-15(19(23)24)12-18(16)22(25)26/h3-6,11-12H,7-10H2,1-2H3,(H,23,24). The first kappa shape index (κ1) is 17.7. The molecule has 1 aliphatic heterocycles. The van der Waals surface area contributed by atoms with Gasteiger partial charge in [-0.25, -0.2) is 4.79 Å². The number of carboxylic acids is 1. The van der Waals surface area contributed by atoms with Gasteiger partial charge < -0.3 is 14.9 Å². The van der Waals surface area contributed by atoms with Gasteiger partial charge in [-0.05, 0) is 43.2 Å². The summed E-state index contributed by atoms with van der Waals surface area (Å²) in [5.41, 5.74) is 3.84. The minimum atomic E-state index is -1.17. The smallest absolute Gasteiger partial charge is 0.335 e. The van der Waals surface area contributed by atoms with Gasteiger partial charge in [-0.2, -0.15) is 0 Å². The van der Waals surface area contributed by atoms with Gasteiger partial charge in [0.05, 0.1) is 10.5 Å². The number of aryl methyl sites for hydroxylation is 2. The van der Waals surface area contributed by atoms with E-state index in [1.807, 2.05) is 4.90 Å². The van der Waals surface area contributed by atoms with Crippen molar-refractivity contribution in [2.24, 2.45) is 0 Å². The van der Waals surface area contributed by atoms with Gasteiger partial charge in [0.15, 0.2) is 0 Å². The molecule has 1 fully saturated rings. The maximum atomic E-state index is 11.4. The Bertz CT molecular complexity index is 858. The molecule has 7 heteroatoms. The minimum Gasteiger partial charge on any atom is -0.478 e. The highest BCUT2D eigenvalue weighted by atomic mass is 16.6. The third-order valence-electron chi connectivity index (χ3n) is 4.74. The van der Waals surface area contributed by atoms with Crippen LogP contribution in [0.2, 0.25) is 0 Å². The number of rotatable bonds is 4. The third-order valence-corrected chi connectivity index (χ3v) is 4.74. The Morgan fingerprint density at radius 3 is 2.19 bits per heavy atom. The van der Waals surface area contributed by atoms with E-state index >= 15 is 0 Å². The van der Waals surface area contributed by atoms with Gasteiger partial charge in [0.25, 0.3) is 5.69 Å². The average Bonchev–Trinajstić information content (AvgIpc) is 2.63. The van der Waals surface area contributed by atoms with Crippen LogP contribution < -0.4 is 9.80 Å². The van der Waals surface area contributed by atoms with E-state index in [2.05, 4.69) is 36.9 Å². The summed E-state index contributed by atoms with van der Waals surface area (Å²) >= 11 is 0. The molecule has 136 valence electrons. The molecule has 7 nitrogen and oxygen atoms in total. The van der Waals surface area contributed by atoms with Crippen LogP contribution in [0.5, 0.6) is 0 Å². The lowest BCUT2D eigenvalue weighted by molar-refractivity contribution is -0.384. The van der Waals surface area contributed by atoms with Crippen LogP contribution in [0.1, 0.15) is 21.5 Å². The molecule has 26 heavy (non-hydrogen) atoms. The SMILES string of the molecule is Cc1ccc(C)c(N2CCN(c3ccc(C(=O)O)cc3[N+](=O)[O-])CC2)c1. The molecule has 1 heterocycles. The van der Waals surface area contributed by atoms with Crippen LogP contribution in [0.15, 0.2) is 36.4 Å². The van der Waals surface area contributed by atoms with Crippen molar-refractivity contribution >= 4 is 23.0 Å². The summed E-state index contributed by atoms with van der Waals surface area (Å²) in [6.07, 6.45) is 0. The van der Waals surface area contributed by atoms with E-state index < -0.39 is 10.9 Å². The van der Waals surface area contributed by atoms with Crippen molar-refractivity contribution in [1.29, 1.82) is 0 Å². The number of nitro groups is 1. The third kappa shape index (κ3) is 3.46. The second-order valence-corrected chi connectivity index (χ2v) is 6.53. The highest BCUT2D eigenvalue weighted by molar-refractivity contribution is 5.89. The Labute approximate surface area is 151 Å². The predicted molar refractivity (Wildman–Crippen MR) is 100 cm³/mol. The van der Waals surface area contributed by atoms with E-state index in [1.54, 1.807) is 0 Å². The zero-order valence-electron chi connectivity index (χ0n) is 14.8. The molecule has 1 aliphatic rings. The Morgan fingerprint density at radius 1 is 1.00 bits per heavy atom. The molecule has 0 saturated carbocycles. The molecule has 0 spiro atoms. The van der Waals surface area contributed by atoms with Crippen LogP contribution in [-0.4, -0.2) is 42.2 Å². The first-order chi connectivity index (χ1) is 12.4. The lowest BCUT2D eigenvalue weighted by Gasteiger charge is -2.37. The summed E-state index contributed by atoms with van der Waals surface area (Å²) in [4.78, 5) is 26.2. The molecule has 1 saturated heterocycles. The number of aromatic carboxylic acids is 1. The van der Waals surface area contributed by atoms with E-state index in [0.29, 0.717) is 18.8 Å². The van der Waals surface area contributed by atoms with Crippen LogP contribution in [0, 0.1) is 24.0 Å². The zero-order valence-corrected chi connectivity index (χ0v) is 14.8. The van der Waals surface area contributed by atoms with Gasteiger partial charge in [-0.1, -0.05) is 12.1 Å². The summed E-state index contributed by atoms with van der Waals surface area (Å²) in [5, 5.41) is 20.4. The maximum Gasteiger partial charge on any atom is 0.335 e. The van der Waals surface area contributed by atoms with Crippen molar-refractivity contribution in [3.63, 3.8) is 0 Å². The number of benzene rings is 2. The monoisotopic (exact) mass is 355 g/mol. The molecule has 0 unspecified atom stereocenters. The van der Waals surface area contributed by atoms with E-state index in [9.17, 15) is 14.9 Å². The molecule has 0 aliphatic carbocycles. The minimum absolute atomic E-state index is 0.0746. The van der Waals surface area contributed by atoms with E-state index in [1.165, 1.54) is 28.9 Å². The molecule has 0 atom stereocenters. The summed E-state index contributed by atoms with van der Waals surface area (Å²) in [5.74, 6) is -1.17. The van der Waals surface area contributed by atoms with E-state index in [-0.39, 0.29) is 11.3 Å². The molecular formula is C19H21N3O4. The normalized spacial score (nSPS) is 14.4. The van der Waals surface area contributed by atoms with Crippen molar-refractivity contribution in [2.45, 2.75) is 13.8 Å². The fourth-order valence-corrected chi connectivity index (χ4v) is 3.32. The molecule has 2 aromatic rings. The number of nitro benzene ring substituents is 1. The fraction of sp³-hybridized carbons (Fsp3) is 0.316. The lowest BCUT2D eigenvalue weighted by Crippen LogP contribution is -2.47. The van der Waals surface area contributed by atoms with E-state index in [4.69, 9.17) is 5.11 Å². The zero-order chi connectivity index (χ0) is 18.8. The molecular weight excluding hydrogens is 334 g/mol. The van der Waals surface area contributed by atoms with Gasteiger partial charge >= 0.3 is 5.97 Å². The highest BCUT2D eigenvalue weighted by Gasteiger charge is 2.25. The number of hydrogen-bond acceptors (Lipinski definition) is 5. The van der Waals surface area contributed by atoms with Crippen LogP contribution in [0.4, 0.5) is 17.1 Å². The van der Waals surface area contributed by atoms with Gasteiger partial charge in [0.2, 0.25) is 0 Å². The van der Waals surface area contributed by atoms with Crippen molar-refractivity contribution in [3.8, 4) is 0 Å². The highest BCUT2D eigenvalue weighted by Crippen LogP contribution is 2.31. The number of anilines is 2. The lowest BCUT2D eigenvalue weighted by atomic mass is 10.1. The Morgan fingerprint density at radius 2 is 1.62 bits per heavy atom. The predicted octanol–water partition coefficient (Wildman–Crippen LogP) is 3.24. The molecule has 0 aromatic heterocycles. The first-order valence-corrected chi connectivity index (χ1v) is 8.45. The van der Waals surface area contributed by atoms with Crippen LogP contribution in [-0.2, 0) is 0 Å². The first-order valence-electron chi connectivity index (χ1n) is 8.45. The van der Waals surface area contributed by atoms with Crippen molar-refractivity contribution in [2.75, 3.05) is 36.0 Å². The van der Waals surface area contributed by atoms with Gasteiger partial charge in [-0.3, -0.25) is 10.1 Å².